The summed E-state index contributed by atoms with van der Waals surface area (Å²) in [4.78, 5) is 22.4. The van der Waals surface area contributed by atoms with E-state index in [1.54, 1.807) is 0 Å². The molecule has 0 bridgehead atoms. The summed E-state index contributed by atoms with van der Waals surface area (Å²) in [6.45, 7) is 0. The number of aromatic nitrogens is 3. The minimum Gasteiger partial charge on any atom is -0.270 e. The van der Waals surface area contributed by atoms with E-state index in [1.807, 2.05) is 0 Å². The number of hydrogen-bond acceptors (Lipinski definition) is 4. The third kappa shape index (κ3) is 2.65. The van der Waals surface area contributed by atoms with E-state index in [-0.39, 0.29) is 16.5 Å². The normalized spacial score (nSPS) is 9.85. The highest BCUT2D eigenvalue weighted by molar-refractivity contribution is 6.66. The fourth-order valence-electron chi connectivity index (χ4n) is 0.545. The molecule has 0 aromatic carbocycles. The van der Waals surface area contributed by atoms with Crippen LogP contribution >= 0.6 is 34.8 Å². The first-order valence-corrected chi connectivity index (χ1v) is 4.14. The van der Waals surface area contributed by atoms with Crippen LogP contribution in [-0.2, 0) is 0 Å². The predicted octanol–water partition coefficient (Wildman–Crippen LogP) is 1.97. The van der Waals surface area contributed by atoms with Crippen molar-refractivity contribution in [1.29, 1.82) is 0 Å². The highest BCUT2D eigenvalue weighted by atomic mass is 35.5. The first kappa shape index (κ1) is 10.4. The summed E-state index contributed by atoms with van der Waals surface area (Å²) < 4.78 is 0. The minimum absolute atomic E-state index is 0.00463. The van der Waals surface area contributed by atoms with Crippen LogP contribution in [0.1, 0.15) is 0 Å². The fourth-order valence-corrected chi connectivity index (χ4v) is 0.975. The van der Waals surface area contributed by atoms with Gasteiger partial charge >= 0.3 is 5.37 Å². The van der Waals surface area contributed by atoms with Gasteiger partial charge in [0, 0.05) is 7.05 Å². The summed E-state index contributed by atoms with van der Waals surface area (Å²) in [5, 5.41) is -0.933. The molecule has 0 unspecified atom stereocenters. The smallest absolute Gasteiger partial charge is 0.270 e. The van der Waals surface area contributed by atoms with Gasteiger partial charge in [0.25, 0.3) is 0 Å². The molecule has 0 N–H and O–H groups in total. The highest BCUT2D eigenvalue weighted by Gasteiger charge is 2.12. The third-order valence-corrected chi connectivity index (χ3v) is 1.72. The van der Waals surface area contributed by atoms with Gasteiger partial charge in [-0.25, -0.2) is 0 Å². The molecule has 0 atom stereocenters. The number of anilines is 1. The van der Waals surface area contributed by atoms with Crippen LogP contribution in [0.15, 0.2) is 0 Å². The van der Waals surface area contributed by atoms with E-state index in [2.05, 4.69) is 15.0 Å². The standard InChI is InChI=1S/C5H3Cl3N4O/c1-12(4(8)13)5-10-2(6)9-3(7)11-5/h1H3. The molecule has 1 rings (SSSR count). The van der Waals surface area contributed by atoms with Gasteiger partial charge in [-0.1, -0.05) is 0 Å². The van der Waals surface area contributed by atoms with Crippen molar-refractivity contribution in [2.75, 3.05) is 11.9 Å². The summed E-state index contributed by atoms with van der Waals surface area (Å²) in [5.74, 6) is 0.00463. The highest BCUT2D eigenvalue weighted by Crippen LogP contribution is 2.13. The van der Waals surface area contributed by atoms with Gasteiger partial charge in [0.05, 0.1) is 0 Å². The Kier molecular flexibility index (Phi) is 3.24. The average Bonchev–Trinajstić information content (AvgIpc) is 2.01. The van der Waals surface area contributed by atoms with Gasteiger partial charge in [0.15, 0.2) is 0 Å². The molecular weight excluding hydrogens is 238 g/mol. The van der Waals surface area contributed by atoms with E-state index in [0.29, 0.717) is 0 Å². The molecule has 0 aliphatic carbocycles. The number of rotatable bonds is 1. The zero-order valence-corrected chi connectivity index (χ0v) is 8.60. The summed E-state index contributed by atoms with van der Waals surface area (Å²) in [5.41, 5.74) is 0. The van der Waals surface area contributed by atoms with Crippen LogP contribution in [0.3, 0.4) is 0 Å². The first-order valence-electron chi connectivity index (χ1n) is 3.01. The quantitative estimate of drug-likeness (QED) is 0.557. The van der Waals surface area contributed by atoms with Crippen LogP contribution in [0.5, 0.6) is 0 Å². The van der Waals surface area contributed by atoms with Crippen molar-refractivity contribution in [3.63, 3.8) is 0 Å². The monoisotopic (exact) mass is 240 g/mol. The van der Waals surface area contributed by atoms with Gasteiger partial charge in [-0.3, -0.25) is 9.69 Å². The van der Waals surface area contributed by atoms with Crippen LogP contribution in [0.2, 0.25) is 10.6 Å². The van der Waals surface area contributed by atoms with Crippen molar-refractivity contribution in [2.24, 2.45) is 0 Å². The molecule has 8 heteroatoms. The molecule has 1 heterocycles. The molecule has 0 saturated heterocycles. The van der Waals surface area contributed by atoms with Gasteiger partial charge in [0.2, 0.25) is 16.5 Å². The van der Waals surface area contributed by atoms with Crippen molar-refractivity contribution in [3.05, 3.63) is 10.6 Å². The molecule has 1 amide bonds. The lowest BCUT2D eigenvalue weighted by molar-refractivity contribution is 0.265. The second-order valence-electron chi connectivity index (χ2n) is 1.99. The number of carbonyl (C=O) groups excluding carboxylic acids is 1. The molecule has 13 heavy (non-hydrogen) atoms. The van der Waals surface area contributed by atoms with Crippen molar-refractivity contribution < 1.29 is 4.79 Å². The number of hydrogen-bond donors (Lipinski definition) is 0. The van der Waals surface area contributed by atoms with Crippen molar-refractivity contribution >= 4 is 46.1 Å². The van der Waals surface area contributed by atoms with E-state index in [1.165, 1.54) is 7.05 Å². The predicted molar refractivity (Wildman–Crippen MR) is 49.5 cm³/mol. The van der Waals surface area contributed by atoms with Crippen LogP contribution in [0.4, 0.5) is 10.7 Å². The van der Waals surface area contributed by atoms with Crippen LogP contribution in [-0.4, -0.2) is 27.4 Å². The summed E-state index contributed by atoms with van der Waals surface area (Å²) in [7, 11) is 1.39. The van der Waals surface area contributed by atoms with Gasteiger partial charge in [-0.2, -0.15) is 15.0 Å². The van der Waals surface area contributed by atoms with Gasteiger partial charge in [-0.15, -0.1) is 0 Å². The maximum Gasteiger partial charge on any atom is 0.322 e. The minimum atomic E-state index is -0.738. The van der Waals surface area contributed by atoms with Crippen LogP contribution < -0.4 is 4.90 Å². The Labute approximate surface area is 88.7 Å². The van der Waals surface area contributed by atoms with E-state index in [0.717, 1.165) is 4.90 Å². The zero-order chi connectivity index (χ0) is 10.0. The van der Waals surface area contributed by atoms with Crippen molar-refractivity contribution in [3.8, 4) is 0 Å². The molecule has 0 fully saturated rings. The molecule has 0 aliphatic rings. The molecule has 0 aliphatic heterocycles. The second-order valence-corrected chi connectivity index (χ2v) is 2.98. The Morgan fingerprint density at radius 2 is 1.69 bits per heavy atom. The fraction of sp³-hybridized carbons (Fsp3) is 0.200. The maximum atomic E-state index is 10.7. The van der Waals surface area contributed by atoms with Crippen molar-refractivity contribution in [1.82, 2.24) is 15.0 Å². The van der Waals surface area contributed by atoms with Crippen LogP contribution in [0, 0.1) is 0 Å². The first-order chi connectivity index (χ1) is 6.00. The Morgan fingerprint density at radius 1 is 1.23 bits per heavy atom. The topological polar surface area (TPSA) is 59.0 Å². The molecule has 5 nitrogen and oxygen atoms in total. The largest absolute Gasteiger partial charge is 0.322 e. The summed E-state index contributed by atoms with van der Waals surface area (Å²) >= 11 is 16.1. The molecule has 0 saturated carbocycles. The zero-order valence-electron chi connectivity index (χ0n) is 6.33. The molecule has 1 aromatic rings. The molecule has 70 valence electrons. The number of nitrogens with zero attached hydrogens (tertiary/aromatic N) is 4. The molecule has 0 radical (unpaired) electrons. The van der Waals surface area contributed by atoms with Gasteiger partial charge in [-0.05, 0) is 34.8 Å². The lowest BCUT2D eigenvalue weighted by atomic mass is 10.8. The van der Waals surface area contributed by atoms with E-state index in [4.69, 9.17) is 34.8 Å². The average molecular weight is 241 g/mol. The Bertz CT molecular complexity index is 324. The van der Waals surface area contributed by atoms with Gasteiger partial charge in [0.1, 0.15) is 0 Å². The molecule has 0 spiro atoms. The summed E-state index contributed by atoms with van der Waals surface area (Å²) in [6.07, 6.45) is 0. The van der Waals surface area contributed by atoms with E-state index < -0.39 is 5.37 Å². The Morgan fingerprint density at radius 3 is 2.08 bits per heavy atom. The third-order valence-electron chi connectivity index (χ3n) is 1.13. The number of carbonyl (C=O) groups is 1. The van der Waals surface area contributed by atoms with E-state index in [9.17, 15) is 4.79 Å². The number of amides is 1. The lowest BCUT2D eigenvalue weighted by Gasteiger charge is -2.09. The Hall–Kier alpha value is -0.650. The van der Waals surface area contributed by atoms with Gasteiger partial charge < -0.3 is 0 Å². The molecular formula is C5H3Cl3N4O. The molecule has 1 aromatic heterocycles. The maximum absolute atomic E-state index is 10.7. The SMILES string of the molecule is CN(C(=O)Cl)c1nc(Cl)nc(Cl)n1. The summed E-state index contributed by atoms with van der Waals surface area (Å²) in [6, 6.07) is 0. The van der Waals surface area contributed by atoms with E-state index >= 15 is 0 Å². The van der Waals surface area contributed by atoms with Crippen LogP contribution in [0.25, 0.3) is 0 Å². The number of halogens is 3. The second kappa shape index (κ2) is 4.04. The van der Waals surface area contributed by atoms with Crippen molar-refractivity contribution in [2.45, 2.75) is 0 Å². The lowest BCUT2D eigenvalue weighted by Crippen LogP contribution is -2.22. The Balaban J connectivity index is 3.07.